The Morgan fingerprint density at radius 3 is 2.47 bits per heavy atom. The number of hydrogen-bond donors (Lipinski definition) is 3. The zero-order valence-electron chi connectivity index (χ0n) is 18.4. The smallest absolute Gasteiger partial charge is 0.271 e. The van der Waals surface area contributed by atoms with Gasteiger partial charge in [0, 0.05) is 34.5 Å². The summed E-state index contributed by atoms with van der Waals surface area (Å²) in [6, 6.07) is 14.8. The number of nitrogens with two attached hydrogens (primary N) is 1. The number of nitro benzene ring substituents is 1. The Labute approximate surface area is 194 Å². The molecule has 0 bridgehead atoms. The number of nitrogen functional groups attached to an aromatic ring is 1. The fourth-order valence-electron chi connectivity index (χ4n) is 4.72. The highest BCUT2D eigenvalue weighted by atomic mass is 16.6. The number of nitrogens with one attached hydrogen (secondary N) is 1. The van der Waals surface area contributed by atoms with Gasteiger partial charge in [0.1, 0.15) is 5.75 Å². The third kappa shape index (κ3) is 2.70. The molecule has 1 aliphatic heterocycles. The molecule has 0 radical (unpaired) electrons. The Bertz CT molecular complexity index is 1380. The minimum absolute atomic E-state index is 0.0753. The van der Waals surface area contributed by atoms with Crippen LogP contribution in [0.1, 0.15) is 57.2 Å². The molecule has 0 saturated heterocycles. The van der Waals surface area contributed by atoms with Crippen LogP contribution in [0.3, 0.4) is 0 Å². The third-order valence-corrected chi connectivity index (χ3v) is 6.51. The van der Waals surface area contributed by atoms with Gasteiger partial charge in [-0.25, -0.2) is 0 Å². The van der Waals surface area contributed by atoms with Crippen molar-refractivity contribution in [1.82, 2.24) is 5.32 Å². The van der Waals surface area contributed by atoms with Crippen molar-refractivity contribution in [2.45, 2.75) is 31.1 Å². The number of non-ortho nitro benzene ring substituents is 1. The number of amides is 1. The molecule has 0 spiro atoms. The van der Waals surface area contributed by atoms with Crippen molar-refractivity contribution in [2.75, 3.05) is 5.73 Å². The molecule has 9 heteroatoms. The summed E-state index contributed by atoms with van der Waals surface area (Å²) in [4.78, 5) is 37.6. The van der Waals surface area contributed by atoms with Gasteiger partial charge in [-0.05, 0) is 35.7 Å². The molecule has 0 saturated carbocycles. The second kappa shape index (κ2) is 7.13. The van der Waals surface area contributed by atoms with E-state index < -0.39 is 27.9 Å². The molecular weight excluding hydrogens is 438 g/mol. The van der Waals surface area contributed by atoms with Crippen molar-refractivity contribution < 1.29 is 24.4 Å². The lowest BCUT2D eigenvalue weighted by atomic mass is 9.82. The first-order valence-electron chi connectivity index (χ1n) is 10.7. The van der Waals surface area contributed by atoms with Gasteiger partial charge in [0.2, 0.25) is 11.3 Å². The number of nitrogens with zero attached hydrogens (tertiary/aromatic N) is 1. The average molecular weight is 459 g/mol. The molecule has 0 aromatic heterocycles. The lowest BCUT2D eigenvalue weighted by molar-refractivity contribution is -0.384. The lowest BCUT2D eigenvalue weighted by Crippen LogP contribution is -2.60. The Morgan fingerprint density at radius 1 is 1.12 bits per heavy atom. The summed E-state index contributed by atoms with van der Waals surface area (Å²) in [7, 11) is 0. The van der Waals surface area contributed by atoms with Crippen molar-refractivity contribution in [3.05, 3.63) is 98.6 Å². The van der Waals surface area contributed by atoms with E-state index in [-0.39, 0.29) is 39.7 Å². The van der Waals surface area contributed by atoms with Crippen LogP contribution in [-0.4, -0.2) is 21.7 Å². The van der Waals surface area contributed by atoms with E-state index in [4.69, 9.17) is 10.5 Å². The molecule has 1 heterocycles. The minimum Gasteiger partial charge on any atom is -0.454 e. The standard InChI is InChI=1S/C25H21N3O6/c1-13(2)15-8-11-17-20(12-15)34-25(31)18-4-3-5-19(26)21(18)22(29)24(17,25)27-23(30)14-6-9-16(10-7-14)28(32)33/h3-13,31H,26H2,1-2H3,(H,27,30). The van der Waals surface area contributed by atoms with E-state index in [0.29, 0.717) is 5.56 Å². The number of fused-ring (bicyclic) bond motifs is 5. The SMILES string of the molecule is CC(C)c1ccc2c(c1)OC1(O)c3cccc(N)c3C(=O)C21NC(=O)c1ccc([N+](=O)[O-])cc1. The van der Waals surface area contributed by atoms with Gasteiger partial charge in [0.25, 0.3) is 17.4 Å². The van der Waals surface area contributed by atoms with Gasteiger partial charge >= 0.3 is 0 Å². The molecule has 34 heavy (non-hydrogen) atoms. The Morgan fingerprint density at radius 2 is 1.82 bits per heavy atom. The van der Waals surface area contributed by atoms with Gasteiger partial charge in [0.05, 0.1) is 10.5 Å². The minimum atomic E-state index is -2.23. The molecule has 9 nitrogen and oxygen atoms in total. The Balaban J connectivity index is 1.68. The number of Topliss-reactive ketones (excluding diaryl/α,β-unsaturated/α-hetero) is 1. The van der Waals surface area contributed by atoms with Crippen molar-refractivity contribution in [1.29, 1.82) is 0 Å². The van der Waals surface area contributed by atoms with Crippen LogP contribution in [0.4, 0.5) is 11.4 Å². The fourth-order valence-corrected chi connectivity index (χ4v) is 4.72. The quantitative estimate of drug-likeness (QED) is 0.308. The molecule has 172 valence electrons. The van der Waals surface area contributed by atoms with Crippen molar-refractivity contribution in [3.8, 4) is 5.75 Å². The van der Waals surface area contributed by atoms with Crippen LogP contribution in [0.25, 0.3) is 0 Å². The number of ether oxygens (including phenoxy) is 1. The molecule has 2 atom stereocenters. The summed E-state index contributed by atoms with van der Waals surface area (Å²) >= 11 is 0. The van der Waals surface area contributed by atoms with E-state index >= 15 is 0 Å². The molecule has 5 rings (SSSR count). The van der Waals surface area contributed by atoms with Gasteiger partial charge in [-0.15, -0.1) is 0 Å². The summed E-state index contributed by atoms with van der Waals surface area (Å²) in [5.41, 5.74) is 5.61. The molecule has 4 N–H and O–H groups in total. The number of rotatable bonds is 4. The molecule has 1 aliphatic carbocycles. The molecular formula is C25H21N3O6. The highest BCUT2D eigenvalue weighted by Crippen LogP contribution is 2.59. The third-order valence-electron chi connectivity index (χ3n) is 6.51. The lowest BCUT2D eigenvalue weighted by Gasteiger charge is -2.34. The summed E-state index contributed by atoms with van der Waals surface area (Å²) in [5.74, 6) is -3.11. The van der Waals surface area contributed by atoms with Crippen LogP contribution in [0.15, 0.2) is 60.7 Å². The van der Waals surface area contributed by atoms with E-state index in [1.165, 1.54) is 30.3 Å². The molecule has 2 unspecified atom stereocenters. The molecule has 1 amide bonds. The van der Waals surface area contributed by atoms with Gasteiger partial charge in [-0.3, -0.25) is 19.7 Å². The van der Waals surface area contributed by atoms with Crippen LogP contribution in [-0.2, 0) is 11.3 Å². The van der Waals surface area contributed by atoms with Crippen LogP contribution in [0.2, 0.25) is 0 Å². The summed E-state index contributed by atoms with van der Waals surface area (Å²) in [6.45, 7) is 4.00. The largest absolute Gasteiger partial charge is 0.454 e. The van der Waals surface area contributed by atoms with Crippen molar-refractivity contribution in [3.63, 3.8) is 0 Å². The number of anilines is 1. The number of ketones is 1. The van der Waals surface area contributed by atoms with Gasteiger partial charge in [-0.1, -0.05) is 38.1 Å². The molecule has 3 aromatic carbocycles. The predicted molar refractivity (Wildman–Crippen MR) is 122 cm³/mol. The maximum atomic E-state index is 13.9. The monoisotopic (exact) mass is 459 g/mol. The number of carbonyl (C=O) groups is 2. The zero-order valence-corrected chi connectivity index (χ0v) is 18.4. The fraction of sp³-hybridized carbons (Fsp3) is 0.200. The topological polar surface area (TPSA) is 145 Å². The van der Waals surface area contributed by atoms with E-state index in [2.05, 4.69) is 5.32 Å². The number of aliphatic hydroxyl groups is 1. The molecule has 2 aliphatic rings. The maximum absolute atomic E-state index is 13.9. The number of hydrogen-bond acceptors (Lipinski definition) is 7. The van der Waals surface area contributed by atoms with E-state index in [0.717, 1.165) is 5.56 Å². The first-order valence-corrected chi connectivity index (χ1v) is 10.7. The predicted octanol–water partition coefficient (Wildman–Crippen LogP) is 3.36. The summed E-state index contributed by atoms with van der Waals surface area (Å²) in [5, 5.41) is 25.6. The van der Waals surface area contributed by atoms with Gasteiger partial charge < -0.3 is 20.9 Å². The van der Waals surface area contributed by atoms with Crippen molar-refractivity contribution in [2.24, 2.45) is 0 Å². The number of nitro groups is 1. The summed E-state index contributed by atoms with van der Waals surface area (Å²) in [6.07, 6.45) is 0. The van der Waals surface area contributed by atoms with Crippen LogP contribution in [0, 0.1) is 10.1 Å². The maximum Gasteiger partial charge on any atom is 0.271 e. The first-order chi connectivity index (χ1) is 16.1. The van der Waals surface area contributed by atoms with Gasteiger partial charge in [-0.2, -0.15) is 0 Å². The summed E-state index contributed by atoms with van der Waals surface area (Å²) < 4.78 is 6.03. The van der Waals surface area contributed by atoms with E-state index in [1.54, 1.807) is 24.3 Å². The van der Waals surface area contributed by atoms with Crippen LogP contribution < -0.4 is 15.8 Å². The normalized spacial score (nSPS) is 22.1. The van der Waals surface area contributed by atoms with Gasteiger partial charge in [0.15, 0.2) is 0 Å². The van der Waals surface area contributed by atoms with Crippen LogP contribution in [0.5, 0.6) is 5.75 Å². The van der Waals surface area contributed by atoms with Crippen molar-refractivity contribution >= 4 is 23.1 Å². The zero-order chi connectivity index (χ0) is 24.4. The number of benzene rings is 3. The molecule has 0 fully saturated rings. The Hall–Kier alpha value is -4.24. The first kappa shape index (κ1) is 21.6. The highest BCUT2D eigenvalue weighted by Gasteiger charge is 2.72. The van der Waals surface area contributed by atoms with E-state index in [9.17, 15) is 24.8 Å². The average Bonchev–Trinajstić information content (AvgIpc) is 3.16. The number of carbonyl (C=O) groups excluding carboxylic acids is 2. The van der Waals surface area contributed by atoms with Crippen LogP contribution >= 0.6 is 0 Å². The second-order valence-electron chi connectivity index (χ2n) is 8.76. The molecule has 3 aromatic rings. The second-order valence-corrected chi connectivity index (χ2v) is 8.76. The highest BCUT2D eigenvalue weighted by molar-refractivity contribution is 6.16. The Kier molecular flexibility index (Phi) is 4.53. The van der Waals surface area contributed by atoms with E-state index in [1.807, 2.05) is 19.9 Å².